The third-order valence-corrected chi connectivity index (χ3v) is 4.03. The molecule has 1 aliphatic rings. The van der Waals surface area contributed by atoms with Crippen LogP contribution in [0.2, 0.25) is 0 Å². The first kappa shape index (κ1) is 14.3. The highest BCUT2D eigenvalue weighted by Crippen LogP contribution is 2.37. The summed E-state index contributed by atoms with van der Waals surface area (Å²) in [6.45, 7) is 3.71. The maximum Gasteiger partial charge on any atom is 0.147 e. The van der Waals surface area contributed by atoms with Gasteiger partial charge in [0.05, 0.1) is 5.41 Å². The molecule has 0 unspecified atom stereocenters. The molecule has 0 aliphatic heterocycles. The van der Waals surface area contributed by atoms with Crippen molar-refractivity contribution >= 4 is 11.6 Å². The Morgan fingerprint density at radius 1 is 1.25 bits per heavy atom. The van der Waals surface area contributed by atoms with Crippen molar-refractivity contribution in [3.8, 4) is 12.3 Å². The number of hydrogen-bond donors (Lipinski definition) is 0. The molecule has 1 saturated carbocycles. The second-order valence-electron chi connectivity index (χ2n) is 5.25. The second-order valence-corrected chi connectivity index (χ2v) is 5.25. The van der Waals surface area contributed by atoms with Gasteiger partial charge in [0.15, 0.2) is 0 Å². The Morgan fingerprint density at radius 2 is 1.90 bits per heavy atom. The van der Waals surface area contributed by atoms with Gasteiger partial charge in [-0.15, -0.1) is 13.0 Å². The molecule has 2 rings (SSSR count). The SMILES string of the molecule is C#Cc1ccccc1CC1(CC=C)C(=O)CCCC1=O. The minimum Gasteiger partial charge on any atom is -0.299 e. The van der Waals surface area contributed by atoms with E-state index < -0.39 is 5.41 Å². The van der Waals surface area contributed by atoms with Crippen LogP contribution in [-0.4, -0.2) is 11.6 Å². The molecule has 0 spiro atoms. The smallest absolute Gasteiger partial charge is 0.147 e. The van der Waals surface area contributed by atoms with Gasteiger partial charge in [0.1, 0.15) is 11.6 Å². The predicted octanol–water partition coefficient (Wildman–Crippen LogP) is 3.10. The maximum atomic E-state index is 12.4. The summed E-state index contributed by atoms with van der Waals surface area (Å²) >= 11 is 0. The molecule has 0 amide bonds. The minimum atomic E-state index is -0.951. The van der Waals surface area contributed by atoms with Crippen molar-refractivity contribution in [2.45, 2.75) is 32.1 Å². The highest BCUT2D eigenvalue weighted by atomic mass is 16.2. The lowest BCUT2D eigenvalue weighted by Crippen LogP contribution is -2.44. The topological polar surface area (TPSA) is 34.1 Å². The van der Waals surface area contributed by atoms with E-state index in [0.717, 1.165) is 11.1 Å². The fourth-order valence-electron chi connectivity index (χ4n) is 2.93. The Morgan fingerprint density at radius 3 is 2.50 bits per heavy atom. The van der Waals surface area contributed by atoms with Crippen molar-refractivity contribution in [3.63, 3.8) is 0 Å². The van der Waals surface area contributed by atoms with Crippen LogP contribution in [0.15, 0.2) is 36.9 Å². The first-order valence-corrected chi connectivity index (χ1v) is 6.86. The van der Waals surface area contributed by atoms with Crippen molar-refractivity contribution in [1.82, 2.24) is 0 Å². The number of hydrogen-bond acceptors (Lipinski definition) is 2. The molecule has 0 bridgehead atoms. The van der Waals surface area contributed by atoms with Crippen LogP contribution < -0.4 is 0 Å². The summed E-state index contributed by atoms with van der Waals surface area (Å²) in [5, 5.41) is 0. The van der Waals surface area contributed by atoms with E-state index in [0.29, 0.717) is 32.1 Å². The zero-order chi connectivity index (χ0) is 14.6. The van der Waals surface area contributed by atoms with Gasteiger partial charge >= 0.3 is 0 Å². The molecule has 20 heavy (non-hydrogen) atoms. The molecule has 102 valence electrons. The highest BCUT2D eigenvalue weighted by Gasteiger charge is 2.45. The third kappa shape index (κ3) is 2.44. The number of benzene rings is 1. The van der Waals surface area contributed by atoms with Gasteiger partial charge in [-0.2, -0.15) is 0 Å². The molecule has 1 fully saturated rings. The number of terminal acetylenes is 1. The summed E-state index contributed by atoms with van der Waals surface area (Å²) in [4.78, 5) is 24.8. The molecule has 0 N–H and O–H groups in total. The van der Waals surface area contributed by atoms with Crippen LogP contribution in [0.1, 0.15) is 36.8 Å². The van der Waals surface area contributed by atoms with Crippen molar-refractivity contribution in [3.05, 3.63) is 48.0 Å². The van der Waals surface area contributed by atoms with Crippen molar-refractivity contribution < 1.29 is 9.59 Å². The molecule has 1 aliphatic carbocycles. The second kappa shape index (κ2) is 5.88. The van der Waals surface area contributed by atoms with Gasteiger partial charge in [-0.05, 0) is 30.9 Å². The molecule has 2 heteroatoms. The number of ketones is 2. The molecule has 0 saturated heterocycles. The van der Waals surface area contributed by atoms with E-state index in [-0.39, 0.29) is 11.6 Å². The van der Waals surface area contributed by atoms with E-state index >= 15 is 0 Å². The summed E-state index contributed by atoms with van der Waals surface area (Å²) in [7, 11) is 0. The number of carbonyl (C=O) groups excluding carboxylic acids is 2. The average Bonchev–Trinajstić information content (AvgIpc) is 2.45. The first-order chi connectivity index (χ1) is 9.64. The standard InChI is InChI=1S/C18H18O2/c1-3-12-18(16(19)10-7-11-17(18)20)13-15-9-6-5-8-14(15)4-2/h2-3,5-6,8-9H,1,7,10-13H2. The van der Waals surface area contributed by atoms with Crippen LogP contribution in [0.5, 0.6) is 0 Å². The summed E-state index contributed by atoms with van der Waals surface area (Å²) in [6, 6.07) is 7.49. The van der Waals surface area contributed by atoms with Crippen LogP contribution in [-0.2, 0) is 16.0 Å². The van der Waals surface area contributed by atoms with Crippen LogP contribution in [0.3, 0.4) is 0 Å². The molecular weight excluding hydrogens is 248 g/mol. The van der Waals surface area contributed by atoms with Crippen molar-refractivity contribution in [2.75, 3.05) is 0 Å². The monoisotopic (exact) mass is 266 g/mol. The van der Waals surface area contributed by atoms with E-state index in [9.17, 15) is 9.59 Å². The Hall–Kier alpha value is -2.14. The van der Waals surface area contributed by atoms with E-state index in [1.54, 1.807) is 6.08 Å². The van der Waals surface area contributed by atoms with E-state index in [4.69, 9.17) is 6.42 Å². The number of allylic oxidation sites excluding steroid dienone is 1. The lowest BCUT2D eigenvalue weighted by Gasteiger charge is -2.33. The van der Waals surface area contributed by atoms with Gasteiger partial charge in [-0.1, -0.05) is 30.2 Å². The molecule has 2 nitrogen and oxygen atoms in total. The summed E-state index contributed by atoms with van der Waals surface area (Å²) in [5.41, 5.74) is 0.690. The van der Waals surface area contributed by atoms with Crippen LogP contribution >= 0.6 is 0 Å². The quantitative estimate of drug-likeness (QED) is 0.477. The van der Waals surface area contributed by atoms with Gasteiger partial charge < -0.3 is 0 Å². The summed E-state index contributed by atoms with van der Waals surface area (Å²) in [6.07, 6.45) is 9.55. The molecule has 0 aromatic heterocycles. The largest absolute Gasteiger partial charge is 0.299 e. The lowest BCUT2D eigenvalue weighted by atomic mass is 9.66. The normalized spacial score (nSPS) is 17.6. The zero-order valence-corrected chi connectivity index (χ0v) is 11.5. The number of rotatable bonds is 4. The van der Waals surface area contributed by atoms with E-state index in [2.05, 4.69) is 12.5 Å². The number of carbonyl (C=O) groups is 2. The van der Waals surface area contributed by atoms with Crippen LogP contribution in [0, 0.1) is 17.8 Å². The van der Waals surface area contributed by atoms with Gasteiger partial charge in [0.25, 0.3) is 0 Å². The first-order valence-electron chi connectivity index (χ1n) is 6.86. The Balaban J connectivity index is 2.43. The van der Waals surface area contributed by atoms with E-state index in [1.165, 1.54) is 0 Å². The Kier molecular flexibility index (Phi) is 4.20. The molecule has 1 aromatic rings. The fraction of sp³-hybridized carbons (Fsp3) is 0.333. The molecule has 1 aromatic carbocycles. The maximum absolute atomic E-state index is 12.4. The van der Waals surface area contributed by atoms with Crippen LogP contribution in [0.25, 0.3) is 0 Å². The summed E-state index contributed by atoms with van der Waals surface area (Å²) in [5.74, 6) is 2.68. The van der Waals surface area contributed by atoms with E-state index in [1.807, 2.05) is 24.3 Å². The number of Topliss-reactive ketones (excluding diaryl/α,β-unsaturated/α-hetero) is 2. The molecule has 0 atom stereocenters. The minimum absolute atomic E-state index is 0.0282. The molecular formula is C18H18O2. The molecule has 0 heterocycles. The third-order valence-electron chi connectivity index (χ3n) is 4.03. The average molecular weight is 266 g/mol. The Bertz CT molecular complexity index is 574. The van der Waals surface area contributed by atoms with Gasteiger partial charge in [0.2, 0.25) is 0 Å². The van der Waals surface area contributed by atoms with Crippen molar-refractivity contribution in [1.29, 1.82) is 0 Å². The van der Waals surface area contributed by atoms with Gasteiger partial charge in [-0.3, -0.25) is 9.59 Å². The molecule has 0 radical (unpaired) electrons. The summed E-state index contributed by atoms with van der Waals surface area (Å²) < 4.78 is 0. The van der Waals surface area contributed by atoms with Gasteiger partial charge in [0, 0.05) is 18.4 Å². The highest BCUT2D eigenvalue weighted by molar-refractivity contribution is 6.09. The van der Waals surface area contributed by atoms with Crippen molar-refractivity contribution in [2.24, 2.45) is 5.41 Å². The fourth-order valence-corrected chi connectivity index (χ4v) is 2.93. The van der Waals surface area contributed by atoms with Crippen LogP contribution in [0.4, 0.5) is 0 Å². The predicted molar refractivity (Wildman–Crippen MR) is 79.2 cm³/mol. The Labute approximate surface area is 119 Å². The van der Waals surface area contributed by atoms with Gasteiger partial charge in [-0.25, -0.2) is 0 Å². The zero-order valence-electron chi connectivity index (χ0n) is 11.5. The lowest BCUT2D eigenvalue weighted by molar-refractivity contribution is -0.143.